The molecule has 0 radical (unpaired) electrons. The smallest absolute Gasteiger partial charge is 0.259 e. The molecule has 0 unspecified atom stereocenters. The van der Waals surface area contributed by atoms with Crippen molar-refractivity contribution in [2.75, 3.05) is 6.61 Å². The number of ether oxygens (including phenoxy) is 1. The fourth-order valence-electron chi connectivity index (χ4n) is 2.83. The lowest BCUT2D eigenvalue weighted by Crippen LogP contribution is -2.09. The molecule has 0 bridgehead atoms. The Labute approximate surface area is 147 Å². The summed E-state index contributed by atoms with van der Waals surface area (Å²) in [5.41, 5.74) is 1.46. The van der Waals surface area contributed by atoms with E-state index in [1.807, 2.05) is 42.5 Å². The molecule has 3 rings (SSSR count). The first kappa shape index (κ1) is 17.2. The lowest BCUT2D eigenvalue weighted by Gasteiger charge is -2.07. The number of benzene rings is 2. The van der Waals surface area contributed by atoms with Crippen molar-refractivity contribution in [2.45, 2.75) is 39.0 Å². The second-order valence-corrected chi connectivity index (χ2v) is 6.22. The molecular formula is C21H24N2O2. The molecule has 0 saturated heterocycles. The average Bonchev–Trinajstić information content (AvgIpc) is 2.65. The second-order valence-electron chi connectivity index (χ2n) is 6.22. The highest BCUT2D eigenvalue weighted by atomic mass is 16.5. The van der Waals surface area contributed by atoms with Gasteiger partial charge in [-0.3, -0.25) is 4.79 Å². The lowest BCUT2D eigenvalue weighted by molar-refractivity contribution is 0.304. The molecule has 0 aliphatic rings. The maximum absolute atomic E-state index is 12.2. The molecule has 0 spiro atoms. The van der Waals surface area contributed by atoms with E-state index in [1.165, 1.54) is 25.7 Å². The molecule has 0 saturated carbocycles. The number of para-hydroxylation sites is 1. The van der Waals surface area contributed by atoms with Gasteiger partial charge in [-0.05, 0) is 42.8 Å². The van der Waals surface area contributed by atoms with Gasteiger partial charge in [0.15, 0.2) is 0 Å². The Hall–Kier alpha value is -2.62. The summed E-state index contributed by atoms with van der Waals surface area (Å²) in [4.78, 5) is 19.6. The number of unbranched alkanes of at least 4 members (excludes halogenated alkanes) is 4. The number of hydrogen-bond acceptors (Lipinski definition) is 3. The van der Waals surface area contributed by atoms with Crippen LogP contribution < -0.4 is 10.3 Å². The van der Waals surface area contributed by atoms with Crippen LogP contribution in [0.5, 0.6) is 5.75 Å². The summed E-state index contributed by atoms with van der Waals surface area (Å²) in [6.07, 6.45) is 6.13. The zero-order valence-electron chi connectivity index (χ0n) is 14.6. The summed E-state index contributed by atoms with van der Waals surface area (Å²) < 4.78 is 5.78. The van der Waals surface area contributed by atoms with Gasteiger partial charge in [0.25, 0.3) is 5.56 Å². The second kappa shape index (κ2) is 8.47. The van der Waals surface area contributed by atoms with Gasteiger partial charge in [-0.15, -0.1) is 0 Å². The number of fused-ring (bicyclic) bond motifs is 1. The molecule has 0 aliphatic heterocycles. The van der Waals surface area contributed by atoms with Crippen LogP contribution in [0.3, 0.4) is 0 Å². The lowest BCUT2D eigenvalue weighted by atomic mass is 10.1. The highest BCUT2D eigenvalue weighted by Gasteiger charge is 2.05. The van der Waals surface area contributed by atoms with Crippen molar-refractivity contribution in [3.63, 3.8) is 0 Å². The summed E-state index contributed by atoms with van der Waals surface area (Å²) in [6.45, 7) is 2.96. The first-order valence-corrected chi connectivity index (χ1v) is 9.00. The van der Waals surface area contributed by atoms with E-state index < -0.39 is 0 Å². The van der Waals surface area contributed by atoms with Gasteiger partial charge >= 0.3 is 0 Å². The third-order valence-electron chi connectivity index (χ3n) is 4.26. The Morgan fingerprint density at radius 2 is 1.72 bits per heavy atom. The van der Waals surface area contributed by atoms with Gasteiger partial charge in [0.05, 0.1) is 17.5 Å². The molecule has 4 nitrogen and oxygen atoms in total. The average molecular weight is 336 g/mol. The minimum absolute atomic E-state index is 0.118. The van der Waals surface area contributed by atoms with Gasteiger partial charge in [-0.2, -0.15) is 0 Å². The maximum Gasteiger partial charge on any atom is 0.259 e. The standard InChI is InChI=1S/C21H24N2O2/c1-2-3-4-5-8-15-25-17-13-11-16(12-14-17)20-22-19-10-7-6-9-18(19)21(24)23-20/h6-7,9-14H,2-5,8,15H2,1H3,(H,22,23,24). The van der Waals surface area contributed by atoms with E-state index in [9.17, 15) is 4.79 Å². The highest BCUT2D eigenvalue weighted by Crippen LogP contribution is 2.20. The molecule has 0 fully saturated rings. The first-order chi connectivity index (χ1) is 12.3. The Bertz CT molecular complexity index is 869. The number of H-pyrrole nitrogens is 1. The quantitative estimate of drug-likeness (QED) is 0.593. The highest BCUT2D eigenvalue weighted by molar-refractivity contribution is 5.79. The van der Waals surface area contributed by atoms with Gasteiger partial charge in [-0.25, -0.2) is 4.98 Å². The number of rotatable bonds is 8. The van der Waals surface area contributed by atoms with Crippen molar-refractivity contribution in [3.8, 4) is 17.1 Å². The third-order valence-corrected chi connectivity index (χ3v) is 4.26. The van der Waals surface area contributed by atoms with Crippen LogP contribution in [0.4, 0.5) is 0 Å². The van der Waals surface area contributed by atoms with E-state index in [0.717, 1.165) is 24.3 Å². The summed E-state index contributed by atoms with van der Waals surface area (Å²) in [5, 5.41) is 0.606. The zero-order chi connectivity index (χ0) is 17.5. The SMILES string of the molecule is CCCCCCCOc1ccc(-c2nc3ccccc3c(=O)[nH]2)cc1. The van der Waals surface area contributed by atoms with Crippen molar-refractivity contribution < 1.29 is 4.74 Å². The summed E-state index contributed by atoms with van der Waals surface area (Å²) in [7, 11) is 0. The van der Waals surface area contributed by atoms with Crippen molar-refractivity contribution in [1.82, 2.24) is 9.97 Å². The molecule has 0 aliphatic carbocycles. The summed E-state index contributed by atoms with van der Waals surface area (Å²) in [6, 6.07) is 15.1. The Morgan fingerprint density at radius 1 is 0.960 bits per heavy atom. The van der Waals surface area contributed by atoms with Crippen LogP contribution in [-0.2, 0) is 0 Å². The van der Waals surface area contributed by atoms with Gasteiger partial charge in [0, 0.05) is 5.56 Å². The summed E-state index contributed by atoms with van der Waals surface area (Å²) in [5.74, 6) is 1.43. The number of nitrogens with zero attached hydrogens (tertiary/aromatic N) is 1. The Kier molecular flexibility index (Phi) is 5.83. The van der Waals surface area contributed by atoms with Crippen LogP contribution in [-0.4, -0.2) is 16.6 Å². The Morgan fingerprint density at radius 3 is 2.52 bits per heavy atom. The van der Waals surface area contributed by atoms with Crippen molar-refractivity contribution >= 4 is 10.9 Å². The molecule has 0 atom stereocenters. The van der Waals surface area contributed by atoms with Crippen molar-refractivity contribution in [1.29, 1.82) is 0 Å². The van der Waals surface area contributed by atoms with Crippen LogP contribution in [0, 0.1) is 0 Å². The molecular weight excluding hydrogens is 312 g/mol. The molecule has 4 heteroatoms. The molecule has 1 heterocycles. The van der Waals surface area contributed by atoms with E-state index in [0.29, 0.717) is 16.7 Å². The van der Waals surface area contributed by atoms with E-state index in [1.54, 1.807) is 6.07 Å². The fourth-order valence-corrected chi connectivity index (χ4v) is 2.83. The number of nitrogens with one attached hydrogen (secondary N) is 1. The molecule has 1 N–H and O–H groups in total. The molecule has 25 heavy (non-hydrogen) atoms. The van der Waals surface area contributed by atoms with E-state index in [-0.39, 0.29) is 5.56 Å². The number of aromatic amines is 1. The number of hydrogen-bond donors (Lipinski definition) is 1. The number of aromatic nitrogens is 2. The van der Waals surface area contributed by atoms with Gasteiger partial charge in [0.2, 0.25) is 0 Å². The van der Waals surface area contributed by atoms with Gasteiger partial charge in [-0.1, -0.05) is 44.7 Å². The predicted molar refractivity (Wildman–Crippen MR) is 102 cm³/mol. The van der Waals surface area contributed by atoms with Crippen molar-refractivity contribution in [3.05, 3.63) is 58.9 Å². The van der Waals surface area contributed by atoms with Crippen LogP contribution in [0.2, 0.25) is 0 Å². The molecule has 2 aromatic carbocycles. The summed E-state index contributed by atoms with van der Waals surface area (Å²) >= 11 is 0. The van der Waals surface area contributed by atoms with Crippen LogP contribution in [0.25, 0.3) is 22.3 Å². The van der Waals surface area contributed by atoms with Gasteiger partial charge in [0.1, 0.15) is 11.6 Å². The molecule has 3 aromatic rings. The molecule has 0 amide bonds. The zero-order valence-corrected chi connectivity index (χ0v) is 14.6. The molecule has 130 valence electrons. The van der Waals surface area contributed by atoms with E-state index in [2.05, 4.69) is 16.9 Å². The first-order valence-electron chi connectivity index (χ1n) is 9.00. The minimum Gasteiger partial charge on any atom is -0.494 e. The Balaban J connectivity index is 1.65. The topological polar surface area (TPSA) is 55.0 Å². The molecule has 1 aromatic heterocycles. The van der Waals surface area contributed by atoms with E-state index in [4.69, 9.17) is 4.74 Å². The maximum atomic E-state index is 12.2. The minimum atomic E-state index is -0.118. The van der Waals surface area contributed by atoms with E-state index >= 15 is 0 Å². The van der Waals surface area contributed by atoms with Crippen LogP contribution >= 0.6 is 0 Å². The third kappa shape index (κ3) is 4.47. The fraction of sp³-hybridized carbons (Fsp3) is 0.333. The van der Waals surface area contributed by atoms with Crippen LogP contribution in [0.1, 0.15) is 39.0 Å². The monoisotopic (exact) mass is 336 g/mol. The van der Waals surface area contributed by atoms with Crippen LogP contribution in [0.15, 0.2) is 53.3 Å². The van der Waals surface area contributed by atoms with Crippen molar-refractivity contribution in [2.24, 2.45) is 0 Å². The van der Waals surface area contributed by atoms with Gasteiger partial charge < -0.3 is 9.72 Å². The largest absolute Gasteiger partial charge is 0.494 e. The predicted octanol–water partition coefficient (Wildman–Crippen LogP) is 4.94. The normalized spacial score (nSPS) is 10.9.